The smallest absolute Gasteiger partial charge is 0.00127 e. The van der Waals surface area contributed by atoms with Crippen molar-refractivity contribution >= 4 is 0 Å². The first-order chi connectivity index (χ1) is 7.29. The second kappa shape index (κ2) is 5.31. The maximum atomic E-state index is 3.63. The van der Waals surface area contributed by atoms with Gasteiger partial charge in [0, 0.05) is 0 Å². The molecular weight excluding hydrogens is 184 g/mol. The van der Waals surface area contributed by atoms with Crippen LogP contribution in [0.1, 0.15) is 32.1 Å². The van der Waals surface area contributed by atoms with Gasteiger partial charge >= 0.3 is 0 Å². The highest BCUT2D eigenvalue weighted by Gasteiger charge is 2.49. The SMILES string of the molecule is CN(C)CCCNCC1C2CCCCC21. The Bertz CT molecular complexity index is 179. The molecule has 2 rings (SSSR count). The Morgan fingerprint density at radius 3 is 2.40 bits per heavy atom. The molecule has 0 saturated heterocycles. The van der Waals surface area contributed by atoms with Crippen molar-refractivity contribution in [3.05, 3.63) is 0 Å². The van der Waals surface area contributed by atoms with Gasteiger partial charge in [0.05, 0.1) is 0 Å². The minimum absolute atomic E-state index is 1.05. The van der Waals surface area contributed by atoms with Crippen molar-refractivity contribution in [1.82, 2.24) is 10.2 Å². The number of rotatable bonds is 6. The maximum absolute atomic E-state index is 3.63. The summed E-state index contributed by atoms with van der Waals surface area (Å²) in [7, 11) is 4.30. The number of hydrogen-bond donors (Lipinski definition) is 1. The van der Waals surface area contributed by atoms with E-state index in [4.69, 9.17) is 0 Å². The molecule has 0 aromatic heterocycles. The monoisotopic (exact) mass is 210 g/mol. The normalized spacial score (nSPS) is 34.2. The van der Waals surface area contributed by atoms with E-state index < -0.39 is 0 Å². The van der Waals surface area contributed by atoms with E-state index in [-0.39, 0.29) is 0 Å². The summed E-state index contributed by atoms with van der Waals surface area (Å²) in [5.41, 5.74) is 0. The summed E-state index contributed by atoms with van der Waals surface area (Å²) in [6.45, 7) is 3.71. The summed E-state index contributed by atoms with van der Waals surface area (Å²) in [4.78, 5) is 2.26. The second-order valence-corrected chi connectivity index (χ2v) is 5.64. The van der Waals surface area contributed by atoms with E-state index in [1.54, 1.807) is 0 Å². The van der Waals surface area contributed by atoms with Gasteiger partial charge in [-0.25, -0.2) is 0 Å². The topological polar surface area (TPSA) is 15.3 Å². The highest BCUT2D eigenvalue weighted by molar-refractivity contribution is 4.99. The molecule has 1 N–H and O–H groups in total. The second-order valence-electron chi connectivity index (χ2n) is 5.64. The molecule has 15 heavy (non-hydrogen) atoms. The molecule has 2 aliphatic carbocycles. The molecule has 0 aliphatic heterocycles. The third-order valence-electron chi connectivity index (χ3n) is 4.17. The molecular formula is C13H26N2. The van der Waals surface area contributed by atoms with Crippen LogP contribution >= 0.6 is 0 Å². The first kappa shape index (κ1) is 11.4. The van der Waals surface area contributed by atoms with Crippen LogP contribution in [0.4, 0.5) is 0 Å². The number of fused-ring (bicyclic) bond motifs is 1. The molecule has 2 unspecified atom stereocenters. The molecule has 2 fully saturated rings. The molecule has 2 nitrogen and oxygen atoms in total. The van der Waals surface area contributed by atoms with Gasteiger partial charge in [-0.3, -0.25) is 0 Å². The fourth-order valence-corrected chi connectivity index (χ4v) is 3.23. The van der Waals surface area contributed by atoms with Crippen LogP contribution in [0.5, 0.6) is 0 Å². The zero-order valence-corrected chi connectivity index (χ0v) is 10.3. The molecule has 0 aromatic carbocycles. The predicted molar refractivity (Wildman–Crippen MR) is 65.0 cm³/mol. The Morgan fingerprint density at radius 2 is 1.80 bits per heavy atom. The molecule has 2 aliphatic rings. The molecule has 0 spiro atoms. The third-order valence-corrected chi connectivity index (χ3v) is 4.17. The molecule has 88 valence electrons. The quantitative estimate of drug-likeness (QED) is 0.674. The van der Waals surface area contributed by atoms with E-state index in [0.29, 0.717) is 0 Å². The fraction of sp³-hybridized carbons (Fsp3) is 1.00. The molecule has 0 radical (unpaired) electrons. The Labute approximate surface area is 94.4 Å². The van der Waals surface area contributed by atoms with E-state index in [1.165, 1.54) is 51.7 Å². The van der Waals surface area contributed by atoms with E-state index in [9.17, 15) is 0 Å². The lowest BCUT2D eigenvalue weighted by atomic mass is 10.0. The average Bonchev–Trinajstić information content (AvgIpc) is 2.91. The van der Waals surface area contributed by atoms with E-state index in [0.717, 1.165) is 17.8 Å². The van der Waals surface area contributed by atoms with E-state index >= 15 is 0 Å². The molecule has 2 saturated carbocycles. The van der Waals surface area contributed by atoms with Crippen molar-refractivity contribution in [2.45, 2.75) is 32.1 Å². The average molecular weight is 210 g/mol. The van der Waals surface area contributed by atoms with Gasteiger partial charge in [0.2, 0.25) is 0 Å². The number of nitrogens with one attached hydrogen (secondary N) is 1. The lowest BCUT2D eigenvalue weighted by Crippen LogP contribution is -2.23. The van der Waals surface area contributed by atoms with Gasteiger partial charge in [-0.1, -0.05) is 12.8 Å². The first-order valence-corrected chi connectivity index (χ1v) is 6.64. The Balaban J connectivity index is 1.49. The molecule has 0 aromatic rings. The lowest BCUT2D eigenvalue weighted by Gasteiger charge is -2.09. The Hall–Kier alpha value is -0.0800. The van der Waals surface area contributed by atoms with Crippen molar-refractivity contribution in [3.63, 3.8) is 0 Å². The van der Waals surface area contributed by atoms with Crippen LogP contribution in [0, 0.1) is 17.8 Å². The lowest BCUT2D eigenvalue weighted by molar-refractivity contribution is 0.392. The fourth-order valence-electron chi connectivity index (χ4n) is 3.23. The van der Waals surface area contributed by atoms with Crippen LogP contribution in [0.15, 0.2) is 0 Å². The van der Waals surface area contributed by atoms with E-state index in [1.807, 2.05) is 0 Å². The van der Waals surface area contributed by atoms with Crippen molar-refractivity contribution in [1.29, 1.82) is 0 Å². The summed E-state index contributed by atoms with van der Waals surface area (Å²) < 4.78 is 0. The van der Waals surface area contributed by atoms with Gasteiger partial charge in [0.15, 0.2) is 0 Å². The summed E-state index contributed by atoms with van der Waals surface area (Å²) in [6, 6.07) is 0. The molecule has 0 amide bonds. The van der Waals surface area contributed by atoms with Gasteiger partial charge in [-0.15, -0.1) is 0 Å². The zero-order valence-electron chi connectivity index (χ0n) is 10.3. The van der Waals surface area contributed by atoms with Gasteiger partial charge < -0.3 is 10.2 Å². The zero-order chi connectivity index (χ0) is 10.7. The predicted octanol–water partition coefficient (Wildman–Crippen LogP) is 1.96. The summed E-state index contributed by atoms with van der Waals surface area (Å²) in [6.07, 6.45) is 7.33. The minimum Gasteiger partial charge on any atom is -0.316 e. The Morgan fingerprint density at radius 1 is 1.13 bits per heavy atom. The highest BCUT2D eigenvalue weighted by atomic mass is 15.1. The third kappa shape index (κ3) is 3.18. The van der Waals surface area contributed by atoms with Crippen molar-refractivity contribution in [2.24, 2.45) is 17.8 Å². The standard InChI is InChI=1S/C13H26N2/c1-15(2)9-5-8-14-10-13-11-6-3-4-7-12(11)13/h11-14H,3-10H2,1-2H3. The van der Waals surface area contributed by atoms with Crippen LogP contribution in [-0.2, 0) is 0 Å². The minimum atomic E-state index is 1.05. The van der Waals surface area contributed by atoms with Crippen LogP contribution in [0.3, 0.4) is 0 Å². The van der Waals surface area contributed by atoms with Gasteiger partial charge in [-0.05, 0) is 70.7 Å². The van der Waals surface area contributed by atoms with Crippen LogP contribution < -0.4 is 5.32 Å². The molecule has 2 heteroatoms. The Kier molecular flexibility index (Phi) is 4.04. The highest BCUT2D eigenvalue weighted by Crippen LogP contribution is 2.54. The first-order valence-electron chi connectivity index (χ1n) is 6.64. The van der Waals surface area contributed by atoms with Gasteiger partial charge in [0.25, 0.3) is 0 Å². The van der Waals surface area contributed by atoms with Crippen molar-refractivity contribution in [2.75, 3.05) is 33.7 Å². The summed E-state index contributed by atoms with van der Waals surface area (Å²) in [5.74, 6) is 3.27. The van der Waals surface area contributed by atoms with E-state index in [2.05, 4.69) is 24.3 Å². The molecule has 2 atom stereocenters. The molecule has 0 bridgehead atoms. The maximum Gasteiger partial charge on any atom is -0.00127 e. The molecule has 0 heterocycles. The number of hydrogen-bond acceptors (Lipinski definition) is 2. The van der Waals surface area contributed by atoms with Gasteiger partial charge in [0.1, 0.15) is 0 Å². The largest absolute Gasteiger partial charge is 0.316 e. The van der Waals surface area contributed by atoms with Crippen molar-refractivity contribution < 1.29 is 0 Å². The van der Waals surface area contributed by atoms with Crippen LogP contribution in [-0.4, -0.2) is 38.6 Å². The van der Waals surface area contributed by atoms with Crippen LogP contribution in [0.25, 0.3) is 0 Å². The number of nitrogens with zero attached hydrogens (tertiary/aromatic N) is 1. The summed E-state index contributed by atoms with van der Waals surface area (Å²) in [5, 5.41) is 3.63. The summed E-state index contributed by atoms with van der Waals surface area (Å²) >= 11 is 0. The van der Waals surface area contributed by atoms with Gasteiger partial charge in [-0.2, -0.15) is 0 Å². The van der Waals surface area contributed by atoms with Crippen LogP contribution in [0.2, 0.25) is 0 Å². The van der Waals surface area contributed by atoms with Crippen molar-refractivity contribution in [3.8, 4) is 0 Å².